The second-order valence-corrected chi connectivity index (χ2v) is 3.50. The van der Waals surface area contributed by atoms with Gasteiger partial charge in [-0.15, -0.1) is 0 Å². The molecule has 0 unspecified atom stereocenters. The number of fused-ring (bicyclic) bond motifs is 1. The van der Waals surface area contributed by atoms with E-state index in [1.807, 2.05) is 6.92 Å². The molecule has 0 aromatic carbocycles. The van der Waals surface area contributed by atoms with E-state index in [2.05, 4.69) is 4.90 Å². The Morgan fingerprint density at radius 3 is 2.91 bits per heavy atom. The minimum Gasteiger partial charge on any atom is -0.480 e. The van der Waals surface area contributed by atoms with Gasteiger partial charge in [0.2, 0.25) is 0 Å². The van der Waals surface area contributed by atoms with E-state index in [1.54, 1.807) is 0 Å². The fourth-order valence-corrected chi connectivity index (χ4v) is 2.39. The number of carboxylic acids is 1. The molecule has 1 saturated heterocycles. The monoisotopic (exact) mass is 155 g/mol. The van der Waals surface area contributed by atoms with Crippen LogP contribution in [0.3, 0.4) is 0 Å². The summed E-state index contributed by atoms with van der Waals surface area (Å²) in [6, 6.07) is 0. The van der Waals surface area contributed by atoms with Crippen LogP contribution < -0.4 is 0 Å². The lowest BCUT2D eigenvalue weighted by Gasteiger charge is -2.22. The lowest BCUT2D eigenvalue weighted by atomic mass is 10.2. The number of hydrogen-bond acceptors (Lipinski definition) is 2. The molecule has 1 aliphatic carbocycles. The van der Waals surface area contributed by atoms with Crippen molar-refractivity contribution in [3.8, 4) is 0 Å². The SMILES string of the molecule is CCN1CC[C@@H]2C[C@@]21C(=O)O. The highest BCUT2D eigenvalue weighted by Crippen LogP contribution is 2.55. The van der Waals surface area contributed by atoms with Gasteiger partial charge >= 0.3 is 5.97 Å². The molecule has 3 heteroatoms. The summed E-state index contributed by atoms with van der Waals surface area (Å²) in [6.07, 6.45) is 1.97. The van der Waals surface area contributed by atoms with Crippen molar-refractivity contribution in [1.82, 2.24) is 4.90 Å². The minimum atomic E-state index is -0.609. The first-order valence-corrected chi connectivity index (χ1v) is 4.20. The Morgan fingerprint density at radius 1 is 1.82 bits per heavy atom. The van der Waals surface area contributed by atoms with Crippen LogP contribution in [0.5, 0.6) is 0 Å². The van der Waals surface area contributed by atoms with E-state index in [4.69, 9.17) is 5.11 Å². The van der Waals surface area contributed by atoms with Gasteiger partial charge in [-0.2, -0.15) is 0 Å². The minimum absolute atomic E-state index is 0.422. The Labute approximate surface area is 66.0 Å². The average Bonchev–Trinajstić information content (AvgIpc) is 2.60. The third-order valence-electron chi connectivity index (χ3n) is 3.14. The second-order valence-electron chi connectivity index (χ2n) is 3.50. The Morgan fingerprint density at radius 2 is 2.55 bits per heavy atom. The molecule has 1 aliphatic heterocycles. The summed E-state index contributed by atoms with van der Waals surface area (Å²) in [7, 11) is 0. The number of rotatable bonds is 2. The highest BCUT2D eigenvalue weighted by Gasteiger charge is 2.66. The highest BCUT2D eigenvalue weighted by molar-refractivity contribution is 5.83. The fourth-order valence-electron chi connectivity index (χ4n) is 2.39. The highest BCUT2D eigenvalue weighted by atomic mass is 16.4. The molecule has 2 atom stereocenters. The zero-order chi connectivity index (χ0) is 8.06. The molecule has 1 saturated carbocycles. The van der Waals surface area contributed by atoms with Crippen molar-refractivity contribution in [3.63, 3.8) is 0 Å². The standard InChI is InChI=1S/C8H13NO2/c1-2-9-4-3-6-5-8(6,9)7(10)11/h6H,2-5H2,1H3,(H,10,11)/t6-,8+/m1/s1. The first-order valence-electron chi connectivity index (χ1n) is 4.20. The molecule has 0 aromatic heterocycles. The predicted molar refractivity (Wildman–Crippen MR) is 40.3 cm³/mol. The van der Waals surface area contributed by atoms with Crippen molar-refractivity contribution in [2.45, 2.75) is 25.3 Å². The van der Waals surface area contributed by atoms with Crippen LogP contribution in [0.15, 0.2) is 0 Å². The maximum Gasteiger partial charge on any atom is 0.324 e. The average molecular weight is 155 g/mol. The van der Waals surface area contributed by atoms with Crippen molar-refractivity contribution in [2.75, 3.05) is 13.1 Å². The van der Waals surface area contributed by atoms with Crippen LogP contribution in [0.25, 0.3) is 0 Å². The molecular formula is C8H13NO2. The van der Waals surface area contributed by atoms with Gasteiger partial charge in [-0.3, -0.25) is 9.69 Å². The Hall–Kier alpha value is -0.570. The molecule has 1 N–H and O–H groups in total. The van der Waals surface area contributed by atoms with Crippen LogP contribution >= 0.6 is 0 Å². The van der Waals surface area contributed by atoms with Gasteiger partial charge in [0, 0.05) is 0 Å². The molecular weight excluding hydrogens is 142 g/mol. The van der Waals surface area contributed by atoms with Gasteiger partial charge in [-0.25, -0.2) is 0 Å². The maximum absolute atomic E-state index is 10.9. The molecule has 0 amide bonds. The first-order chi connectivity index (χ1) is 5.21. The van der Waals surface area contributed by atoms with Gasteiger partial charge in [0.1, 0.15) is 5.54 Å². The van der Waals surface area contributed by atoms with E-state index in [9.17, 15) is 4.79 Å². The molecule has 0 bridgehead atoms. The molecule has 0 aromatic rings. The van der Waals surface area contributed by atoms with Crippen LogP contribution in [0, 0.1) is 5.92 Å². The van der Waals surface area contributed by atoms with Crippen LogP contribution in [-0.4, -0.2) is 34.6 Å². The van der Waals surface area contributed by atoms with Crippen molar-refractivity contribution >= 4 is 5.97 Å². The summed E-state index contributed by atoms with van der Waals surface area (Å²) in [5, 5.41) is 8.97. The number of hydrogen-bond donors (Lipinski definition) is 1. The number of carbonyl (C=O) groups is 1. The molecule has 2 aliphatic rings. The predicted octanol–water partition coefficient (Wildman–Crippen LogP) is 0.555. The maximum atomic E-state index is 10.9. The Balaban J connectivity index is 2.20. The zero-order valence-electron chi connectivity index (χ0n) is 6.71. The van der Waals surface area contributed by atoms with E-state index < -0.39 is 11.5 Å². The van der Waals surface area contributed by atoms with Gasteiger partial charge in [-0.05, 0) is 31.8 Å². The van der Waals surface area contributed by atoms with E-state index in [0.29, 0.717) is 5.92 Å². The van der Waals surface area contributed by atoms with Crippen LogP contribution in [0.1, 0.15) is 19.8 Å². The van der Waals surface area contributed by atoms with Crippen LogP contribution in [-0.2, 0) is 4.79 Å². The van der Waals surface area contributed by atoms with Gasteiger partial charge in [-0.1, -0.05) is 6.92 Å². The van der Waals surface area contributed by atoms with Gasteiger partial charge in [0.05, 0.1) is 0 Å². The summed E-state index contributed by atoms with van der Waals surface area (Å²) in [4.78, 5) is 13.0. The van der Waals surface area contributed by atoms with E-state index in [-0.39, 0.29) is 0 Å². The summed E-state index contributed by atoms with van der Waals surface area (Å²) >= 11 is 0. The van der Waals surface area contributed by atoms with E-state index >= 15 is 0 Å². The molecule has 3 nitrogen and oxygen atoms in total. The Kier molecular flexibility index (Phi) is 1.27. The van der Waals surface area contributed by atoms with Crippen molar-refractivity contribution < 1.29 is 9.90 Å². The summed E-state index contributed by atoms with van der Waals surface area (Å²) in [5.74, 6) is -0.151. The second kappa shape index (κ2) is 1.97. The Bertz CT molecular complexity index is 204. The molecule has 1 heterocycles. The summed E-state index contributed by atoms with van der Waals surface area (Å²) in [5.41, 5.74) is -0.422. The number of likely N-dealkylation sites (N-methyl/N-ethyl adjacent to an activating group) is 1. The smallest absolute Gasteiger partial charge is 0.324 e. The van der Waals surface area contributed by atoms with Gasteiger partial charge in [0.15, 0.2) is 0 Å². The first kappa shape index (κ1) is 7.10. The van der Waals surface area contributed by atoms with Crippen molar-refractivity contribution in [3.05, 3.63) is 0 Å². The number of likely N-dealkylation sites (tertiary alicyclic amines) is 1. The number of carboxylic acid groups (broad SMARTS) is 1. The molecule has 2 fully saturated rings. The van der Waals surface area contributed by atoms with Gasteiger partial charge < -0.3 is 5.11 Å². The van der Waals surface area contributed by atoms with Crippen LogP contribution in [0.4, 0.5) is 0 Å². The molecule has 0 spiro atoms. The third kappa shape index (κ3) is 0.692. The lowest BCUT2D eigenvalue weighted by Crippen LogP contribution is -2.41. The largest absolute Gasteiger partial charge is 0.480 e. The topological polar surface area (TPSA) is 40.5 Å². The fraction of sp³-hybridized carbons (Fsp3) is 0.875. The number of aliphatic carboxylic acids is 1. The quantitative estimate of drug-likeness (QED) is 0.633. The van der Waals surface area contributed by atoms with Crippen LogP contribution in [0.2, 0.25) is 0 Å². The summed E-state index contributed by atoms with van der Waals surface area (Å²) in [6.45, 7) is 3.89. The lowest BCUT2D eigenvalue weighted by molar-refractivity contribution is -0.144. The van der Waals surface area contributed by atoms with Gasteiger partial charge in [0.25, 0.3) is 0 Å². The summed E-state index contributed by atoms with van der Waals surface area (Å²) < 4.78 is 0. The third-order valence-corrected chi connectivity index (χ3v) is 3.14. The molecule has 11 heavy (non-hydrogen) atoms. The van der Waals surface area contributed by atoms with Crippen molar-refractivity contribution in [1.29, 1.82) is 0 Å². The number of nitrogens with zero attached hydrogens (tertiary/aromatic N) is 1. The van der Waals surface area contributed by atoms with E-state index in [0.717, 1.165) is 25.9 Å². The molecule has 2 rings (SSSR count). The van der Waals surface area contributed by atoms with E-state index in [1.165, 1.54) is 0 Å². The normalized spacial score (nSPS) is 42.1. The molecule has 0 radical (unpaired) electrons. The zero-order valence-corrected chi connectivity index (χ0v) is 6.71. The van der Waals surface area contributed by atoms with Crippen molar-refractivity contribution in [2.24, 2.45) is 5.92 Å². The molecule has 62 valence electrons. The number of piperidine rings is 1.